The van der Waals surface area contributed by atoms with Gasteiger partial charge in [0.25, 0.3) is 0 Å². The molecule has 1 atom stereocenters. The van der Waals surface area contributed by atoms with Crippen LogP contribution in [0.4, 0.5) is 14.5 Å². The molecule has 0 aromatic heterocycles. The average molecular weight is 294 g/mol. The highest BCUT2D eigenvalue weighted by molar-refractivity contribution is 5.61. The SMILES string of the molecule is N#Cc1ccc(OC(F)F)cc1NC1CCCOC12CC2. The molecule has 112 valence electrons. The van der Waals surface area contributed by atoms with Crippen LogP contribution in [0.5, 0.6) is 5.75 Å². The van der Waals surface area contributed by atoms with Crippen molar-refractivity contribution in [1.82, 2.24) is 0 Å². The summed E-state index contributed by atoms with van der Waals surface area (Å²) in [6.07, 6.45) is 3.90. The molecule has 1 aliphatic heterocycles. The molecule has 3 rings (SSSR count). The summed E-state index contributed by atoms with van der Waals surface area (Å²) in [4.78, 5) is 0. The summed E-state index contributed by atoms with van der Waals surface area (Å²) in [5.41, 5.74) is 0.806. The fraction of sp³-hybridized carbons (Fsp3) is 0.533. The summed E-state index contributed by atoms with van der Waals surface area (Å²) >= 11 is 0. The molecule has 0 radical (unpaired) electrons. The van der Waals surface area contributed by atoms with Gasteiger partial charge in [-0.15, -0.1) is 0 Å². The first-order chi connectivity index (χ1) is 10.1. The molecule has 1 saturated carbocycles. The second-order valence-electron chi connectivity index (χ2n) is 5.45. The number of nitrogens with zero attached hydrogens (tertiary/aromatic N) is 1. The van der Waals surface area contributed by atoms with E-state index in [4.69, 9.17) is 10.00 Å². The molecule has 0 bridgehead atoms. The quantitative estimate of drug-likeness (QED) is 0.926. The van der Waals surface area contributed by atoms with E-state index in [0.717, 1.165) is 32.3 Å². The Bertz CT molecular complexity index is 567. The van der Waals surface area contributed by atoms with Crippen LogP contribution in [-0.2, 0) is 4.74 Å². The van der Waals surface area contributed by atoms with Crippen LogP contribution >= 0.6 is 0 Å². The summed E-state index contributed by atoms with van der Waals surface area (Å²) < 4.78 is 34.8. The molecule has 2 aliphatic rings. The Hall–Kier alpha value is -1.87. The van der Waals surface area contributed by atoms with E-state index in [1.54, 1.807) is 0 Å². The molecule has 1 saturated heterocycles. The number of alkyl halides is 2. The van der Waals surface area contributed by atoms with Gasteiger partial charge in [0, 0.05) is 12.7 Å². The van der Waals surface area contributed by atoms with Crippen LogP contribution in [0.2, 0.25) is 0 Å². The molecule has 2 fully saturated rings. The van der Waals surface area contributed by atoms with E-state index in [1.165, 1.54) is 18.2 Å². The normalized spacial score (nSPS) is 22.9. The van der Waals surface area contributed by atoms with Gasteiger partial charge in [-0.3, -0.25) is 0 Å². The molecule has 1 unspecified atom stereocenters. The molecule has 6 heteroatoms. The van der Waals surface area contributed by atoms with Crippen LogP contribution in [0.15, 0.2) is 18.2 Å². The van der Waals surface area contributed by atoms with Gasteiger partial charge in [0.05, 0.1) is 22.9 Å². The minimum Gasteiger partial charge on any atom is -0.435 e. The van der Waals surface area contributed by atoms with Crippen LogP contribution in [0.25, 0.3) is 0 Å². The first kappa shape index (κ1) is 14.1. The third-order valence-electron chi connectivity index (χ3n) is 4.07. The average Bonchev–Trinajstić information content (AvgIpc) is 3.22. The number of hydrogen-bond donors (Lipinski definition) is 1. The lowest BCUT2D eigenvalue weighted by molar-refractivity contribution is -0.0498. The molecule has 1 aromatic carbocycles. The largest absolute Gasteiger partial charge is 0.435 e. The third kappa shape index (κ3) is 2.93. The van der Waals surface area contributed by atoms with E-state index < -0.39 is 6.61 Å². The van der Waals surface area contributed by atoms with Gasteiger partial charge in [-0.05, 0) is 37.8 Å². The topological polar surface area (TPSA) is 54.3 Å². The summed E-state index contributed by atoms with van der Waals surface area (Å²) in [6.45, 7) is -2.11. The van der Waals surface area contributed by atoms with E-state index in [9.17, 15) is 8.78 Å². The molecule has 1 N–H and O–H groups in total. The number of hydrogen-bond acceptors (Lipinski definition) is 4. The molecule has 1 heterocycles. The molecular formula is C15H16F2N2O2. The van der Waals surface area contributed by atoms with Gasteiger partial charge < -0.3 is 14.8 Å². The highest BCUT2D eigenvalue weighted by atomic mass is 19.3. The lowest BCUT2D eigenvalue weighted by atomic mass is 9.99. The van der Waals surface area contributed by atoms with Crippen LogP contribution < -0.4 is 10.1 Å². The molecule has 0 amide bonds. The van der Waals surface area contributed by atoms with Crippen LogP contribution in [0.1, 0.15) is 31.2 Å². The van der Waals surface area contributed by atoms with Crippen LogP contribution in [-0.4, -0.2) is 24.9 Å². The summed E-state index contributed by atoms with van der Waals surface area (Å²) in [5, 5.41) is 12.5. The Kier molecular flexibility index (Phi) is 3.68. The standard InChI is InChI=1S/C15H16F2N2O2/c16-14(17)21-11-4-3-10(9-18)12(8-11)19-13-2-1-7-20-15(13)5-6-15/h3-4,8,13-14,19H,1-2,5-7H2. The van der Waals surface area contributed by atoms with Gasteiger partial charge in [0.2, 0.25) is 0 Å². The Morgan fingerprint density at radius 2 is 2.24 bits per heavy atom. The zero-order valence-electron chi connectivity index (χ0n) is 11.4. The third-order valence-corrected chi connectivity index (χ3v) is 4.07. The van der Waals surface area contributed by atoms with Gasteiger partial charge in [-0.1, -0.05) is 0 Å². The molecule has 1 aliphatic carbocycles. The second-order valence-corrected chi connectivity index (χ2v) is 5.45. The Morgan fingerprint density at radius 1 is 1.43 bits per heavy atom. The first-order valence-corrected chi connectivity index (χ1v) is 7.02. The number of rotatable bonds is 4. The van der Waals surface area contributed by atoms with E-state index in [1.807, 2.05) is 0 Å². The van der Waals surface area contributed by atoms with Gasteiger partial charge in [-0.2, -0.15) is 14.0 Å². The summed E-state index contributed by atoms with van der Waals surface area (Å²) in [5.74, 6) is 0.0491. The van der Waals surface area contributed by atoms with Crippen molar-refractivity contribution >= 4 is 5.69 Å². The number of nitrogens with one attached hydrogen (secondary N) is 1. The minimum absolute atomic E-state index is 0.0491. The highest BCUT2D eigenvalue weighted by Gasteiger charge is 2.52. The molecule has 4 nitrogen and oxygen atoms in total. The van der Waals surface area contributed by atoms with Crippen molar-refractivity contribution in [3.8, 4) is 11.8 Å². The van der Waals surface area contributed by atoms with Crippen LogP contribution in [0.3, 0.4) is 0 Å². The van der Waals surface area contributed by atoms with Crippen molar-refractivity contribution in [2.75, 3.05) is 11.9 Å². The van der Waals surface area contributed by atoms with Crippen molar-refractivity contribution in [3.63, 3.8) is 0 Å². The lowest BCUT2D eigenvalue weighted by Crippen LogP contribution is -2.41. The van der Waals surface area contributed by atoms with Crippen molar-refractivity contribution in [2.24, 2.45) is 0 Å². The highest BCUT2D eigenvalue weighted by Crippen LogP contribution is 2.47. The predicted molar refractivity (Wildman–Crippen MR) is 72.4 cm³/mol. The smallest absolute Gasteiger partial charge is 0.387 e. The first-order valence-electron chi connectivity index (χ1n) is 7.02. The van der Waals surface area contributed by atoms with Gasteiger partial charge >= 0.3 is 6.61 Å². The number of ether oxygens (including phenoxy) is 2. The fourth-order valence-electron chi connectivity index (χ4n) is 2.85. The van der Waals surface area contributed by atoms with Crippen molar-refractivity contribution in [3.05, 3.63) is 23.8 Å². The predicted octanol–water partition coefficient (Wildman–Crippen LogP) is 3.28. The Balaban J connectivity index is 1.81. The maximum absolute atomic E-state index is 12.3. The zero-order chi connectivity index (χ0) is 14.9. The van der Waals surface area contributed by atoms with Crippen molar-refractivity contribution in [1.29, 1.82) is 5.26 Å². The number of nitriles is 1. The Morgan fingerprint density at radius 3 is 2.90 bits per heavy atom. The zero-order valence-corrected chi connectivity index (χ0v) is 11.4. The van der Waals surface area contributed by atoms with E-state index in [-0.39, 0.29) is 17.4 Å². The number of benzene rings is 1. The molecule has 21 heavy (non-hydrogen) atoms. The minimum atomic E-state index is -2.88. The molecule has 1 spiro atoms. The van der Waals surface area contributed by atoms with E-state index in [0.29, 0.717) is 11.3 Å². The van der Waals surface area contributed by atoms with Crippen molar-refractivity contribution < 1.29 is 18.3 Å². The van der Waals surface area contributed by atoms with Gasteiger partial charge in [0.1, 0.15) is 11.8 Å². The second kappa shape index (κ2) is 5.49. The van der Waals surface area contributed by atoms with Gasteiger partial charge in [0.15, 0.2) is 0 Å². The maximum Gasteiger partial charge on any atom is 0.387 e. The fourth-order valence-corrected chi connectivity index (χ4v) is 2.85. The van der Waals surface area contributed by atoms with E-state index in [2.05, 4.69) is 16.1 Å². The monoisotopic (exact) mass is 294 g/mol. The molecule has 1 aromatic rings. The summed E-state index contributed by atoms with van der Waals surface area (Å²) in [7, 11) is 0. The van der Waals surface area contributed by atoms with Crippen LogP contribution in [0, 0.1) is 11.3 Å². The van der Waals surface area contributed by atoms with Gasteiger partial charge in [-0.25, -0.2) is 0 Å². The van der Waals surface area contributed by atoms with Crippen molar-refractivity contribution in [2.45, 2.75) is 43.9 Å². The number of halogens is 2. The lowest BCUT2D eigenvalue weighted by Gasteiger charge is -2.33. The molecular weight excluding hydrogens is 278 g/mol. The summed E-state index contributed by atoms with van der Waals surface area (Å²) in [6, 6.07) is 6.50. The Labute approximate surface area is 121 Å². The van der Waals surface area contributed by atoms with E-state index >= 15 is 0 Å². The maximum atomic E-state index is 12.3. The number of anilines is 1.